The number of ether oxygens (including phenoxy) is 3. The molecular formula is C27H31NO3. The van der Waals surface area contributed by atoms with Gasteiger partial charge < -0.3 is 19.1 Å². The molecule has 0 unspecified atom stereocenters. The molecule has 162 valence electrons. The molecule has 0 aromatic heterocycles. The Labute approximate surface area is 185 Å². The van der Waals surface area contributed by atoms with E-state index in [4.69, 9.17) is 14.2 Å². The normalized spacial score (nSPS) is 14.3. The fraction of sp³-hybridized carbons (Fsp3) is 0.333. The number of hydrogen-bond donors (Lipinski definition) is 0. The predicted molar refractivity (Wildman–Crippen MR) is 124 cm³/mol. The number of methoxy groups -OCH3 is 2. The Morgan fingerprint density at radius 2 is 1.58 bits per heavy atom. The predicted octanol–water partition coefficient (Wildman–Crippen LogP) is 5.06. The van der Waals surface area contributed by atoms with Crippen LogP contribution in [-0.4, -0.2) is 32.7 Å². The Morgan fingerprint density at radius 1 is 0.806 bits per heavy atom. The topological polar surface area (TPSA) is 30.9 Å². The molecular weight excluding hydrogens is 386 g/mol. The van der Waals surface area contributed by atoms with Crippen molar-refractivity contribution in [2.75, 3.05) is 27.8 Å². The minimum Gasteiger partial charge on any atom is -0.493 e. The van der Waals surface area contributed by atoms with Gasteiger partial charge in [0.05, 0.1) is 14.2 Å². The average Bonchev–Trinajstić information content (AvgIpc) is 2.81. The van der Waals surface area contributed by atoms with E-state index in [0.717, 1.165) is 49.6 Å². The zero-order valence-electron chi connectivity index (χ0n) is 18.7. The average molecular weight is 418 g/mol. The number of hydrogen-bond acceptors (Lipinski definition) is 4. The Balaban J connectivity index is 1.57. The molecule has 4 heteroatoms. The van der Waals surface area contributed by atoms with Crippen LogP contribution < -0.4 is 14.2 Å². The van der Waals surface area contributed by atoms with Crippen molar-refractivity contribution >= 4 is 0 Å². The first-order chi connectivity index (χ1) is 15.2. The van der Waals surface area contributed by atoms with Crippen molar-refractivity contribution in [3.63, 3.8) is 0 Å². The first-order valence-electron chi connectivity index (χ1n) is 10.9. The van der Waals surface area contributed by atoms with Gasteiger partial charge in [-0.3, -0.25) is 0 Å². The summed E-state index contributed by atoms with van der Waals surface area (Å²) in [5.74, 6) is 2.60. The molecule has 1 aliphatic rings. The summed E-state index contributed by atoms with van der Waals surface area (Å²) >= 11 is 0. The van der Waals surface area contributed by atoms with Crippen LogP contribution in [0.5, 0.6) is 17.2 Å². The van der Waals surface area contributed by atoms with Crippen LogP contribution in [0.3, 0.4) is 0 Å². The second kappa shape index (κ2) is 9.88. The molecule has 0 spiro atoms. The minimum atomic E-state index is 0.592. The van der Waals surface area contributed by atoms with Gasteiger partial charge in [0, 0.05) is 18.7 Å². The Bertz CT molecular complexity index is 1020. The third kappa shape index (κ3) is 5.02. The summed E-state index contributed by atoms with van der Waals surface area (Å²) in [5.41, 5.74) is 6.50. The van der Waals surface area contributed by atoms with Crippen molar-refractivity contribution in [1.82, 2.24) is 4.90 Å². The Kier molecular flexibility index (Phi) is 6.78. The molecule has 4 rings (SSSR count). The molecule has 1 heterocycles. The fourth-order valence-electron chi connectivity index (χ4n) is 4.28. The van der Waals surface area contributed by atoms with E-state index >= 15 is 0 Å². The van der Waals surface area contributed by atoms with Gasteiger partial charge in [-0.15, -0.1) is 0 Å². The first-order valence-corrected chi connectivity index (χ1v) is 10.9. The molecule has 0 N–H and O–H groups in total. The van der Waals surface area contributed by atoms with E-state index in [1.807, 2.05) is 24.3 Å². The molecule has 0 fully saturated rings. The van der Waals surface area contributed by atoms with Gasteiger partial charge in [0.25, 0.3) is 0 Å². The van der Waals surface area contributed by atoms with Crippen molar-refractivity contribution in [1.29, 1.82) is 0 Å². The summed E-state index contributed by atoms with van der Waals surface area (Å²) < 4.78 is 17.3. The zero-order valence-corrected chi connectivity index (χ0v) is 18.7. The van der Waals surface area contributed by atoms with Crippen LogP contribution >= 0.6 is 0 Å². The van der Waals surface area contributed by atoms with Crippen LogP contribution in [-0.2, 0) is 32.4 Å². The number of likely N-dealkylation sites (N-methyl/N-ethyl adjacent to an activating group) is 1. The second-order valence-electron chi connectivity index (χ2n) is 8.13. The molecule has 0 bridgehead atoms. The summed E-state index contributed by atoms with van der Waals surface area (Å²) in [6, 6.07) is 21.1. The maximum Gasteiger partial charge on any atom is 0.165 e. The van der Waals surface area contributed by atoms with Crippen LogP contribution in [0.15, 0.2) is 60.7 Å². The highest BCUT2D eigenvalue weighted by molar-refractivity contribution is 5.51. The second-order valence-corrected chi connectivity index (χ2v) is 8.13. The third-order valence-electron chi connectivity index (χ3n) is 6.03. The lowest BCUT2D eigenvalue weighted by atomic mass is 9.93. The zero-order chi connectivity index (χ0) is 21.6. The van der Waals surface area contributed by atoms with E-state index < -0.39 is 0 Å². The highest BCUT2D eigenvalue weighted by Crippen LogP contribution is 2.35. The first kappa shape index (κ1) is 21.3. The molecule has 3 aromatic carbocycles. The monoisotopic (exact) mass is 417 g/mol. The van der Waals surface area contributed by atoms with E-state index in [2.05, 4.69) is 48.3 Å². The van der Waals surface area contributed by atoms with Crippen LogP contribution in [0.25, 0.3) is 0 Å². The molecule has 0 saturated heterocycles. The van der Waals surface area contributed by atoms with Crippen LogP contribution in [0.2, 0.25) is 0 Å². The number of aryl methyl sites for hydroxylation is 2. The van der Waals surface area contributed by atoms with Gasteiger partial charge >= 0.3 is 0 Å². The highest BCUT2D eigenvalue weighted by Gasteiger charge is 2.19. The molecule has 0 saturated carbocycles. The van der Waals surface area contributed by atoms with Crippen LogP contribution in [0, 0.1) is 0 Å². The molecule has 0 radical (unpaired) electrons. The Hall–Kier alpha value is -2.98. The van der Waals surface area contributed by atoms with E-state index in [9.17, 15) is 0 Å². The highest BCUT2D eigenvalue weighted by atomic mass is 16.5. The van der Waals surface area contributed by atoms with E-state index in [1.165, 1.54) is 27.8 Å². The van der Waals surface area contributed by atoms with E-state index in [1.54, 1.807) is 14.2 Å². The van der Waals surface area contributed by atoms with Crippen molar-refractivity contribution in [3.8, 4) is 17.2 Å². The lowest BCUT2D eigenvalue weighted by molar-refractivity contribution is 0.303. The van der Waals surface area contributed by atoms with Crippen molar-refractivity contribution in [3.05, 3.63) is 88.5 Å². The van der Waals surface area contributed by atoms with Gasteiger partial charge in [-0.25, -0.2) is 0 Å². The Morgan fingerprint density at radius 3 is 2.35 bits per heavy atom. The molecule has 3 aromatic rings. The summed E-state index contributed by atoms with van der Waals surface area (Å²) in [6.07, 6.45) is 2.97. The largest absolute Gasteiger partial charge is 0.493 e. The number of rotatable bonds is 5. The van der Waals surface area contributed by atoms with Crippen molar-refractivity contribution < 1.29 is 14.2 Å². The van der Waals surface area contributed by atoms with Gasteiger partial charge in [-0.05, 0) is 66.8 Å². The number of nitrogens with zero attached hydrogens (tertiary/aromatic N) is 1. The van der Waals surface area contributed by atoms with E-state index in [-0.39, 0.29) is 0 Å². The van der Waals surface area contributed by atoms with Crippen molar-refractivity contribution in [2.45, 2.75) is 32.4 Å². The molecule has 0 atom stereocenters. The van der Waals surface area contributed by atoms with E-state index in [0.29, 0.717) is 6.61 Å². The molecule has 0 aliphatic carbocycles. The smallest absolute Gasteiger partial charge is 0.165 e. The fourth-order valence-corrected chi connectivity index (χ4v) is 4.28. The maximum absolute atomic E-state index is 6.08. The van der Waals surface area contributed by atoms with Gasteiger partial charge in [-0.1, -0.05) is 42.5 Å². The summed E-state index contributed by atoms with van der Waals surface area (Å²) in [6.45, 7) is 2.40. The third-order valence-corrected chi connectivity index (χ3v) is 6.03. The summed E-state index contributed by atoms with van der Waals surface area (Å²) in [7, 11) is 5.59. The molecule has 31 heavy (non-hydrogen) atoms. The molecule has 4 nitrogen and oxygen atoms in total. The molecule has 0 amide bonds. The van der Waals surface area contributed by atoms with Gasteiger partial charge in [0.15, 0.2) is 11.5 Å². The quantitative estimate of drug-likeness (QED) is 0.581. The van der Waals surface area contributed by atoms with Gasteiger partial charge in [0.1, 0.15) is 12.4 Å². The SMILES string of the molecule is COc1ccc2c(c1OC)CN(C)CCc1cc(OCc3ccccc3)ccc1CC2. The van der Waals surface area contributed by atoms with Crippen molar-refractivity contribution in [2.24, 2.45) is 0 Å². The lowest BCUT2D eigenvalue weighted by Crippen LogP contribution is -2.23. The standard InChI is InChI=1S/C27H31NO3/c1-28-16-15-23-17-24(31-19-20-7-5-4-6-8-20)13-11-21(23)9-10-22-12-14-26(29-2)27(30-3)25(22)18-28/h4-8,11-14,17H,9-10,15-16,18-19H2,1-3H3. The van der Waals surface area contributed by atoms with Crippen LogP contribution in [0.4, 0.5) is 0 Å². The maximum atomic E-state index is 6.08. The summed E-state index contributed by atoms with van der Waals surface area (Å²) in [5, 5.41) is 0. The lowest BCUT2D eigenvalue weighted by Gasteiger charge is -2.25. The number of benzene rings is 3. The van der Waals surface area contributed by atoms with Gasteiger partial charge in [-0.2, -0.15) is 0 Å². The van der Waals surface area contributed by atoms with Gasteiger partial charge in [0.2, 0.25) is 0 Å². The minimum absolute atomic E-state index is 0.592. The van der Waals surface area contributed by atoms with Crippen LogP contribution in [0.1, 0.15) is 27.8 Å². The molecule has 1 aliphatic heterocycles. The number of fused-ring (bicyclic) bond motifs is 2. The summed E-state index contributed by atoms with van der Waals surface area (Å²) in [4.78, 5) is 2.35.